The second-order valence-corrected chi connectivity index (χ2v) is 10.2. The van der Waals surface area contributed by atoms with Crippen LogP contribution in [0.2, 0.25) is 12.1 Å². The van der Waals surface area contributed by atoms with Gasteiger partial charge in [0.25, 0.3) is 0 Å². The molecule has 0 saturated carbocycles. The average molecular weight is 253 g/mol. The first-order chi connectivity index (χ1) is 8.00. The molecule has 0 bridgehead atoms. The summed E-state index contributed by atoms with van der Waals surface area (Å²) in [6.07, 6.45) is 2.98. The van der Waals surface area contributed by atoms with Gasteiger partial charge in [0, 0.05) is 24.9 Å². The maximum atomic E-state index is 5.57. The van der Waals surface area contributed by atoms with Gasteiger partial charge in [-0.05, 0) is 36.1 Å². The minimum atomic E-state index is -1.52. The standard InChI is InChI=1S/C14H27NOSi/c1-12(2)9-17(11-16-5,10-13(3)4)14-7-6-8-15-14/h6-8,12-13,15H,9-11H2,1-5H3. The van der Waals surface area contributed by atoms with Crippen LogP contribution >= 0.6 is 0 Å². The van der Waals surface area contributed by atoms with Crippen LogP contribution in [-0.4, -0.2) is 26.4 Å². The largest absolute Gasteiger partial charge is 0.387 e. The molecule has 1 aromatic rings. The number of rotatable bonds is 7. The summed E-state index contributed by atoms with van der Waals surface area (Å²) in [7, 11) is 0.315. The molecule has 0 saturated heterocycles. The molecule has 98 valence electrons. The monoisotopic (exact) mass is 253 g/mol. The van der Waals surface area contributed by atoms with Gasteiger partial charge in [0.2, 0.25) is 0 Å². The molecule has 1 rings (SSSR count). The van der Waals surface area contributed by atoms with Gasteiger partial charge in [0.1, 0.15) is 8.07 Å². The molecule has 0 atom stereocenters. The third-order valence-corrected chi connectivity index (χ3v) is 8.68. The number of aromatic amines is 1. The number of hydrogen-bond donors (Lipinski definition) is 1. The molecule has 2 nitrogen and oxygen atoms in total. The summed E-state index contributed by atoms with van der Waals surface area (Å²) in [6, 6.07) is 6.99. The van der Waals surface area contributed by atoms with Gasteiger partial charge in [0.05, 0.1) is 0 Å². The van der Waals surface area contributed by atoms with Crippen LogP contribution in [-0.2, 0) is 4.74 Å². The van der Waals surface area contributed by atoms with Gasteiger partial charge >= 0.3 is 0 Å². The fourth-order valence-corrected chi connectivity index (χ4v) is 8.51. The van der Waals surface area contributed by atoms with E-state index in [1.807, 2.05) is 13.3 Å². The molecule has 1 N–H and O–H groups in total. The van der Waals surface area contributed by atoms with Crippen LogP contribution in [0.5, 0.6) is 0 Å². The van der Waals surface area contributed by atoms with E-state index in [0.29, 0.717) is 0 Å². The van der Waals surface area contributed by atoms with E-state index in [-0.39, 0.29) is 0 Å². The molecule has 17 heavy (non-hydrogen) atoms. The van der Waals surface area contributed by atoms with E-state index in [1.165, 1.54) is 17.4 Å². The Labute approximate surface area is 107 Å². The zero-order chi connectivity index (χ0) is 12.9. The third-order valence-electron chi connectivity index (χ3n) is 3.19. The van der Waals surface area contributed by atoms with Crippen LogP contribution in [0.4, 0.5) is 0 Å². The van der Waals surface area contributed by atoms with E-state index in [1.54, 1.807) is 0 Å². The zero-order valence-corrected chi connectivity index (χ0v) is 12.9. The van der Waals surface area contributed by atoms with Gasteiger partial charge in [-0.1, -0.05) is 27.7 Å². The molecule has 3 heteroatoms. The van der Waals surface area contributed by atoms with Crippen molar-refractivity contribution in [3.63, 3.8) is 0 Å². The second kappa shape index (κ2) is 6.41. The lowest BCUT2D eigenvalue weighted by molar-refractivity contribution is 0.244. The van der Waals surface area contributed by atoms with Crippen molar-refractivity contribution in [3.05, 3.63) is 18.3 Å². The van der Waals surface area contributed by atoms with E-state index in [0.717, 1.165) is 18.1 Å². The van der Waals surface area contributed by atoms with E-state index in [2.05, 4.69) is 44.8 Å². The molecule has 0 radical (unpaired) electrons. The Morgan fingerprint density at radius 3 is 2.12 bits per heavy atom. The number of aromatic nitrogens is 1. The number of ether oxygens (including phenoxy) is 1. The summed E-state index contributed by atoms with van der Waals surface area (Å²) in [6.45, 7) is 9.28. The highest BCUT2D eigenvalue weighted by Gasteiger charge is 2.37. The van der Waals surface area contributed by atoms with Crippen molar-refractivity contribution in [2.45, 2.75) is 39.8 Å². The van der Waals surface area contributed by atoms with Crippen LogP contribution in [0.15, 0.2) is 18.3 Å². The van der Waals surface area contributed by atoms with Crippen LogP contribution < -0.4 is 5.32 Å². The quantitative estimate of drug-likeness (QED) is 0.742. The molecule has 0 aromatic carbocycles. The molecule has 0 fully saturated rings. The minimum absolute atomic E-state index is 0.735. The van der Waals surface area contributed by atoms with E-state index < -0.39 is 8.07 Å². The highest BCUT2D eigenvalue weighted by molar-refractivity contribution is 6.91. The predicted molar refractivity (Wildman–Crippen MR) is 77.3 cm³/mol. The molecule has 0 aliphatic heterocycles. The lowest BCUT2D eigenvalue weighted by atomic mass is 10.3. The van der Waals surface area contributed by atoms with Crippen molar-refractivity contribution in [3.8, 4) is 0 Å². The second-order valence-electron chi connectivity index (χ2n) is 5.99. The maximum absolute atomic E-state index is 5.57. The van der Waals surface area contributed by atoms with Gasteiger partial charge in [-0.15, -0.1) is 0 Å². The predicted octanol–water partition coefficient (Wildman–Crippen LogP) is 3.17. The Hall–Kier alpha value is -0.543. The molecule has 0 amide bonds. The molecular formula is C14H27NOSi. The lowest BCUT2D eigenvalue weighted by Gasteiger charge is -2.33. The molecule has 1 aromatic heterocycles. The Kier molecular flexibility index (Phi) is 5.47. The van der Waals surface area contributed by atoms with Gasteiger partial charge in [0.15, 0.2) is 0 Å². The highest BCUT2D eigenvalue weighted by Crippen LogP contribution is 2.25. The average Bonchev–Trinajstić information content (AvgIpc) is 2.68. The smallest absolute Gasteiger partial charge is 0.136 e. The Morgan fingerprint density at radius 2 is 1.76 bits per heavy atom. The fraction of sp³-hybridized carbons (Fsp3) is 0.714. The summed E-state index contributed by atoms with van der Waals surface area (Å²) in [4.78, 5) is 3.46. The van der Waals surface area contributed by atoms with Gasteiger partial charge < -0.3 is 9.72 Å². The number of nitrogens with one attached hydrogen (secondary N) is 1. The van der Waals surface area contributed by atoms with E-state index >= 15 is 0 Å². The Balaban J connectivity index is 3.01. The fourth-order valence-electron chi connectivity index (χ4n) is 3.00. The molecule has 0 aliphatic carbocycles. The van der Waals surface area contributed by atoms with Crippen LogP contribution in [0.3, 0.4) is 0 Å². The maximum Gasteiger partial charge on any atom is 0.136 e. The highest BCUT2D eigenvalue weighted by atomic mass is 28.3. The minimum Gasteiger partial charge on any atom is -0.387 e. The molecule has 0 aliphatic rings. The molecule has 1 heterocycles. The van der Waals surface area contributed by atoms with Gasteiger partial charge in [-0.25, -0.2) is 0 Å². The summed E-state index contributed by atoms with van der Waals surface area (Å²) < 4.78 is 5.57. The molecule has 0 unspecified atom stereocenters. The van der Waals surface area contributed by atoms with Crippen molar-refractivity contribution < 1.29 is 4.74 Å². The van der Waals surface area contributed by atoms with Crippen LogP contribution in [0, 0.1) is 11.8 Å². The van der Waals surface area contributed by atoms with Crippen LogP contribution in [0.1, 0.15) is 27.7 Å². The summed E-state index contributed by atoms with van der Waals surface area (Å²) >= 11 is 0. The first kappa shape index (κ1) is 14.5. The molecule has 0 spiro atoms. The number of methoxy groups -OCH3 is 1. The Bertz CT molecular complexity index is 296. The van der Waals surface area contributed by atoms with E-state index in [4.69, 9.17) is 4.74 Å². The first-order valence-corrected chi connectivity index (χ1v) is 9.25. The van der Waals surface area contributed by atoms with Crippen molar-refractivity contribution in [1.29, 1.82) is 0 Å². The number of hydrogen-bond acceptors (Lipinski definition) is 1. The summed E-state index contributed by atoms with van der Waals surface area (Å²) in [5, 5.41) is 1.46. The van der Waals surface area contributed by atoms with Gasteiger partial charge in [-0.2, -0.15) is 0 Å². The SMILES string of the molecule is COC[Si](CC(C)C)(CC(C)C)c1ccc[nH]1. The third kappa shape index (κ3) is 4.00. The summed E-state index contributed by atoms with van der Waals surface area (Å²) in [5.41, 5.74) is 0. The van der Waals surface area contributed by atoms with Crippen molar-refractivity contribution in [2.75, 3.05) is 13.3 Å². The first-order valence-electron chi connectivity index (χ1n) is 6.63. The summed E-state index contributed by atoms with van der Waals surface area (Å²) in [5.74, 6) is 1.47. The van der Waals surface area contributed by atoms with Crippen molar-refractivity contribution in [2.24, 2.45) is 11.8 Å². The lowest BCUT2D eigenvalue weighted by Crippen LogP contribution is -2.54. The topological polar surface area (TPSA) is 25.0 Å². The zero-order valence-electron chi connectivity index (χ0n) is 11.9. The van der Waals surface area contributed by atoms with Crippen LogP contribution in [0.25, 0.3) is 0 Å². The van der Waals surface area contributed by atoms with Crippen molar-refractivity contribution in [1.82, 2.24) is 4.98 Å². The normalized spacial score (nSPS) is 12.6. The van der Waals surface area contributed by atoms with Gasteiger partial charge in [-0.3, -0.25) is 0 Å². The van der Waals surface area contributed by atoms with Crippen molar-refractivity contribution >= 4 is 13.4 Å². The van der Waals surface area contributed by atoms with E-state index in [9.17, 15) is 0 Å². The Morgan fingerprint density at radius 1 is 1.18 bits per heavy atom. The number of H-pyrrole nitrogens is 1. The molecular weight excluding hydrogens is 226 g/mol.